The summed E-state index contributed by atoms with van der Waals surface area (Å²) in [5, 5.41) is 11.1. The Labute approximate surface area is 183 Å². The summed E-state index contributed by atoms with van der Waals surface area (Å²) in [6.45, 7) is 0. The van der Waals surface area contributed by atoms with Crippen molar-refractivity contribution in [3.05, 3.63) is 82.0 Å². The van der Waals surface area contributed by atoms with Crippen LogP contribution in [0.1, 0.15) is 16.1 Å². The zero-order valence-electron chi connectivity index (χ0n) is 15.7. The van der Waals surface area contributed by atoms with Gasteiger partial charge in [0, 0.05) is 10.0 Å². The highest BCUT2D eigenvalue weighted by atomic mass is 79.9. The number of benzene rings is 2. The van der Waals surface area contributed by atoms with E-state index in [4.69, 9.17) is 9.52 Å². The van der Waals surface area contributed by atoms with Gasteiger partial charge in [-0.2, -0.15) is 0 Å². The average molecular weight is 481 g/mol. The Morgan fingerprint density at radius 3 is 2.45 bits per heavy atom. The van der Waals surface area contributed by atoms with E-state index in [1.54, 1.807) is 48.5 Å². The van der Waals surface area contributed by atoms with E-state index in [0.29, 0.717) is 21.5 Å². The lowest BCUT2D eigenvalue weighted by Crippen LogP contribution is -2.54. The third-order valence-electron chi connectivity index (χ3n) is 4.50. The van der Waals surface area contributed by atoms with E-state index in [-0.39, 0.29) is 16.9 Å². The summed E-state index contributed by atoms with van der Waals surface area (Å²) < 4.78 is 6.35. The quantitative estimate of drug-likeness (QED) is 0.429. The van der Waals surface area contributed by atoms with Gasteiger partial charge in [-0.05, 0) is 48.5 Å². The molecule has 1 aliphatic heterocycles. The number of aromatic carboxylic acids is 1. The summed E-state index contributed by atoms with van der Waals surface area (Å²) in [6, 6.07) is 15.0. The molecule has 0 aliphatic carbocycles. The number of imide groups is 2. The van der Waals surface area contributed by atoms with Gasteiger partial charge in [0.05, 0.1) is 11.3 Å². The Hall–Kier alpha value is -3.98. The van der Waals surface area contributed by atoms with E-state index in [9.17, 15) is 19.2 Å². The second kappa shape index (κ2) is 8.04. The first-order valence-electron chi connectivity index (χ1n) is 8.94. The summed E-state index contributed by atoms with van der Waals surface area (Å²) >= 11 is 3.29. The molecule has 2 aromatic carbocycles. The second-order valence-electron chi connectivity index (χ2n) is 6.52. The van der Waals surface area contributed by atoms with Crippen molar-refractivity contribution in [1.29, 1.82) is 0 Å². The van der Waals surface area contributed by atoms with Gasteiger partial charge >= 0.3 is 12.0 Å². The van der Waals surface area contributed by atoms with E-state index in [2.05, 4.69) is 21.2 Å². The van der Waals surface area contributed by atoms with Gasteiger partial charge in [0.25, 0.3) is 11.8 Å². The molecule has 1 saturated heterocycles. The van der Waals surface area contributed by atoms with Gasteiger partial charge in [-0.1, -0.05) is 34.1 Å². The van der Waals surface area contributed by atoms with E-state index in [1.807, 2.05) is 0 Å². The predicted octanol–water partition coefficient (Wildman–Crippen LogP) is 4.07. The maximum Gasteiger partial charge on any atom is 0.335 e. The number of amides is 4. The SMILES string of the molecule is O=C1NC(=O)N(c2cccc(Br)c2)C(=O)/C1=C\c1ccc(-c2ccc(C(=O)O)cc2)o1. The summed E-state index contributed by atoms with van der Waals surface area (Å²) in [6.07, 6.45) is 1.25. The average Bonchev–Trinajstić information content (AvgIpc) is 3.20. The normalized spacial score (nSPS) is 15.3. The van der Waals surface area contributed by atoms with Crippen LogP contribution in [0.15, 0.2) is 75.1 Å². The third kappa shape index (κ3) is 4.03. The summed E-state index contributed by atoms with van der Waals surface area (Å²) in [7, 11) is 0. The van der Waals surface area contributed by atoms with Gasteiger partial charge in [-0.25, -0.2) is 14.5 Å². The van der Waals surface area contributed by atoms with Gasteiger partial charge in [0.15, 0.2) is 0 Å². The lowest BCUT2D eigenvalue weighted by atomic mass is 10.1. The minimum absolute atomic E-state index is 0.138. The van der Waals surface area contributed by atoms with Crippen molar-refractivity contribution in [3.63, 3.8) is 0 Å². The highest BCUT2D eigenvalue weighted by Gasteiger charge is 2.37. The highest BCUT2D eigenvalue weighted by Crippen LogP contribution is 2.27. The molecular formula is C22H13BrN2O6. The molecule has 4 rings (SSSR count). The molecule has 0 bridgehead atoms. The number of hydrogen-bond acceptors (Lipinski definition) is 5. The van der Waals surface area contributed by atoms with Crippen LogP contribution in [-0.2, 0) is 9.59 Å². The summed E-state index contributed by atoms with van der Waals surface area (Å²) in [5.41, 5.74) is 0.801. The molecule has 4 amide bonds. The molecule has 0 unspecified atom stereocenters. The van der Waals surface area contributed by atoms with Crippen molar-refractivity contribution in [2.45, 2.75) is 0 Å². The van der Waals surface area contributed by atoms with Crippen molar-refractivity contribution in [2.24, 2.45) is 0 Å². The van der Waals surface area contributed by atoms with E-state index in [1.165, 1.54) is 18.2 Å². The standard InChI is InChI=1S/C22H13BrN2O6/c23-14-2-1-3-15(10-14)25-20(27)17(19(26)24-22(25)30)11-16-8-9-18(31-16)12-4-6-13(7-5-12)21(28)29/h1-11H,(H,28,29)(H,24,26,30)/b17-11-. The van der Waals surface area contributed by atoms with Crippen LogP contribution in [0.3, 0.4) is 0 Å². The number of carbonyl (C=O) groups excluding carboxylic acids is 3. The molecule has 154 valence electrons. The molecule has 0 radical (unpaired) electrons. The number of urea groups is 1. The molecule has 0 atom stereocenters. The maximum absolute atomic E-state index is 12.9. The van der Waals surface area contributed by atoms with Crippen LogP contribution >= 0.6 is 15.9 Å². The van der Waals surface area contributed by atoms with Crippen LogP contribution in [0.2, 0.25) is 0 Å². The lowest BCUT2D eigenvalue weighted by Gasteiger charge is -2.26. The first kappa shape index (κ1) is 20.3. The second-order valence-corrected chi connectivity index (χ2v) is 7.44. The number of carboxylic acid groups (broad SMARTS) is 1. The number of nitrogens with zero attached hydrogens (tertiary/aromatic N) is 1. The Morgan fingerprint density at radius 1 is 1.03 bits per heavy atom. The predicted molar refractivity (Wildman–Crippen MR) is 114 cm³/mol. The largest absolute Gasteiger partial charge is 0.478 e. The number of hydrogen-bond donors (Lipinski definition) is 2. The van der Waals surface area contributed by atoms with E-state index in [0.717, 1.165) is 4.90 Å². The van der Waals surface area contributed by atoms with Gasteiger partial charge in [-0.15, -0.1) is 0 Å². The first-order valence-corrected chi connectivity index (χ1v) is 9.73. The van der Waals surface area contributed by atoms with Crippen molar-refractivity contribution >= 4 is 51.5 Å². The van der Waals surface area contributed by atoms with Gasteiger partial charge in [0.2, 0.25) is 0 Å². The third-order valence-corrected chi connectivity index (χ3v) is 4.99. The summed E-state index contributed by atoms with van der Waals surface area (Å²) in [4.78, 5) is 49.3. The molecular weight excluding hydrogens is 468 g/mol. The fraction of sp³-hybridized carbons (Fsp3) is 0. The van der Waals surface area contributed by atoms with Crippen LogP contribution in [0, 0.1) is 0 Å². The molecule has 8 nitrogen and oxygen atoms in total. The topological polar surface area (TPSA) is 117 Å². The van der Waals surface area contributed by atoms with Crippen LogP contribution in [0.4, 0.5) is 10.5 Å². The first-order chi connectivity index (χ1) is 14.8. The van der Waals surface area contributed by atoms with Crippen LogP contribution in [0.5, 0.6) is 0 Å². The number of furan rings is 1. The maximum atomic E-state index is 12.9. The molecule has 1 fully saturated rings. The van der Waals surface area contributed by atoms with E-state index >= 15 is 0 Å². The van der Waals surface area contributed by atoms with Crippen molar-refractivity contribution in [1.82, 2.24) is 5.32 Å². The molecule has 0 spiro atoms. The Morgan fingerprint density at radius 2 is 1.77 bits per heavy atom. The Balaban J connectivity index is 1.64. The smallest absolute Gasteiger partial charge is 0.335 e. The minimum atomic E-state index is -1.04. The highest BCUT2D eigenvalue weighted by molar-refractivity contribution is 9.10. The number of anilines is 1. The molecule has 3 aromatic rings. The van der Waals surface area contributed by atoms with Crippen LogP contribution in [-0.4, -0.2) is 28.9 Å². The Kier molecular flexibility index (Phi) is 5.26. The Bertz CT molecular complexity index is 1260. The fourth-order valence-corrected chi connectivity index (χ4v) is 3.40. The van der Waals surface area contributed by atoms with Gasteiger partial charge in [0.1, 0.15) is 17.1 Å². The molecule has 9 heteroatoms. The number of barbiturate groups is 1. The van der Waals surface area contributed by atoms with Crippen molar-refractivity contribution in [2.75, 3.05) is 4.90 Å². The van der Waals surface area contributed by atoms with Gasteiger partial charge < -0.3 is 9.52 Å². The number of carbonyl (C=O) groups is 4. The molecule has 0 saturated carbocycles. The van der Waals surface area contributed by atoms with Crippen molar-refractivity contribution in [3.8, 4) is 11.3 Å². The number of rotatable bonds is 4. The fourth-order valence-electron chi connectivity index (χ4n) is 3.01. The van der Waals surface area contributed by atoms with Gasteiger partial charge in [-0.3, -0.25) is 14.9 Å². The number of halogens is 1. The zero-order valence-corrected chi connectivity index (χ0v) is 17.3. The van der Waals surface area contributed by atoms with Crippen molar-refractivity contribution < 1.29 is 28.7 Å². The number of nitrogens with one attached hydrogen (secondary N) is 1. The lowest BCUT2D eigenvalue weighted by molar-refractivity contribution is -0.122. The zero-order chi connectivity index (χ0) is 22.1. The molecule has 31 heavy (non-hydrogen) atoms. The van der Waals surface area contributed by atoms with Crippen LogP contribution < -0.4 is 10.2 Å². The molecule has 1 aliphatic rings. The minimum Gasteiger partial charge on any atom is -0.478 e. The molecule has 2 heterocycles. The monoisotopic (exact) mass is 480 g/mol. The van der Waals surface area contributed by atoms with Crippen LogP contribution in [0.25, 0.3) is 17.4 Å². The molecule has 1 aromatic heterocycles. The van der Waals surface area contributed by atoms with E-state index < -0.39 is 23.8 Å². The number of carboxylic acids is 1. The summed E-state index contributed by atoms with van der Waals surface area (Å²) in [5.74, 6) is -2.00. The molecule has 2 N–H and O–H groups in total.